The van der Waals surface area contributed by atoms with Gasteiger partial charge in [-0.25, -0.2) is 4.57 Å². The van der Waals surface area contributed by atoms with Crippen LogP contribution in [0.25, 0.3) is 0 Å². The molecule has 0 aromatic heterocycles. The smallest absolute Gasteiger partial charge is 0.387 e. The van der Waals surface area contributed by atoms with Crippen LogP contribution in [0.3, 0.4) is 0 Å². The van der Waals surface area contributed by atoms with Crippen molar-refractivity contribution in [2.45, 2.75) is 36.4 Å². The van der Waals surface area contributed by atoms with E-state index < -0.39 is 37.8 Å². The molecule has 6 atom stereocenters. The molecule has 0 amide bonds. The first-order valence-electron chi connectivity index (χ1n) is 4.64. The third-order valence-corrected chi connectivity index (χ3v) is 4.08. The lowest BCUT2D eigenvalue weighted by molar-refractivity contribution is -0.207. The molecule has 3 aliphatic rings. The van der Waals surface area contributed by atoms with Crippen LogP contribution in [0.4, 0.5) is 0 Å². The zero-order valence-electron chi connectivity index (χ0n) is 7.65. The number of phosphoric acid groups is 1. The van der Waals surface area contributed by atoms with E-state index in [1.807, 2.05) is 0 Å². The lowest BCUT2D eigenvalue weighted by atomic mass is 9.99. The van der Waals surface area contributed by atoms with Crippen LogP contribution in [-0.4, -0.2) is 51.7 Å². The van der Waals surface area contributed by atoms with Gasteiger partial charge in [0, 0.05) is 6.42 Å². The van der Waals surface area contributed by atoms with Crippen LogP contribution in [0.5, 0.6) is 0 Å². The van der Waals surface area contributed by atoms with Gasteiger partial charge >= 0.3 is 7.82 Å². The molecule has 3 N–H and O–H groups in total. The molecule has 6 unspecified atom stereocenters. The van der Waals surface area contributed by atoms with Crippen LogP contribution < -0.4 is 0 Å². The zero-order chi connectivity index (χ0) is 10.8. The largest absolute Gasteiger partial charge is 0.472 e. The van der Waals surface area contributed by atoms with E-state index in [0.29, 0.717) is 6.42 Å². The van der Waals surface area contributed by atoms with Gasteiger partial charge in [0.05, 0.1) is 12.7 Å². The van der Waals surface area contributed by atoms with E-state index >= 15 is 0 Å². The number of aliphatic hydroxyl groups excluding tert-OH is 1. The van der Waals surface area contributed by atoms with E-state index in [1.165, 1.54) is 0 Å². The molecule has 8 heteroatoms. The summed E-state index contributed by atoms with van der Waals surface area (Å²) in [7, 11) is -4.10. The van der Waals surface area contributed by atoms with E-state index in [2.05, 4.69) is 4.52 Å². The quantitative estimate of drug-likeness (QED) is 0.453. The maximum atomic E-state index is 11.1. The summed E-state index contributed by atoms with van der Waals surface area (Å²) in [6, 6.07) is 0. The maximum absolute atomic E-state index is 11.1. The number of aliphatic hydroxyl groups is 2. The fourth-order valence-corrected chi connectivity index (χ4v) is 3.06. The summed E-state index contributed by atoms with van der Waals surface area (Å²) in [6.45, 7) is -0.109. The van der Waals surface area contributed by atoms with Gasteiger partial charge in [0.25, 0.3) is 0 Å². The van der Waals surface area contributed by atoms with E-state index in [0.717, 1.165) is 0 Å². The van der Waals surface area contributed by atoms with Crippen molar-refractivity contribution in [2.24, 2.45) is 0 Å². The second-order valence-electron chi connectivity index (χ2n) is 4.14. The number of hydrogen-bond acceptors (Lipinski definition) is 6. The topological polar surface area (TPSA) is 105 Å². The van der Waals surface area contributed by atoms with Crippen molar-refractivity contribution in [1.82, 2.24) is 0 Å². The van der Waals surface area contributed by atoms with Crippen molar-refractivity contribution < 1.29 is 33.5 Å². The second kappa shape index (κ2) is 2.81. The Morgan fingerprint density at radius 1 is 1.47 bits per heavy atom. The maximum Gasteiger partial charge on any atom is 0.472 e. The Kier molecular flexibility index (Phi) is 1.90. The van der Waals surface area contributed by atoms with Crippen molar-refractivity contribution >= 4 is 7.82 Å². The average molecular weight is 238 g/mol. The highest BCUT2D eigenvalue weighted by Crippen LogP contribution is 2.56. The molecule has 0 bridgehead atoms. The highest BCUT2D eigenvalue weighted by atomic mass is 31.2. The van der Waals surface area contributed by atoms with Gasteiger partial charge in [-0.3, -0.25) is 9.05 Å². The predicted octanol–water partition coefficient (Wildman–Crippen LogP) is -1.23. The van der Waals surface area contributed by atoms with Gasteiger partial charge in [0.1, 0.15) is 23.9 Å². The standard InChI is InChI=1S/C7H11O7P/c8-6-5-3(2-12-15(10,11)14-5)13-4-1-7(4,6)9/h3-6,8-9H,1-2H2,(H,10,11). The summed E-state index contributed by atoms with van der Waals surface area (Å²) >= 11 is 0. The lowest BCUT2D eigenvalue weighted by Gasteiger charge is -2.40. The summed E-state index contributed by atoms with van der Waals surface area (Å²) in [5.41, 5.74) is -1.32. The molecule has 0 aromatic carbocycles. The minimum absolute atomic E-state index is 0.109. The van der Waals surface area contributed by atoms with E-state index in [1.54, 1.807) is 0 Å². The number of rotatable bonds is 0. The van der Waals surface area contributed by atoms with E-state index in [9.17, 15) is 14.8 Å². The SMILES string of the molecule is O=P1(O)OCC2OC3CC3(O)C(O)C2O1. The number of fused-ring (bicyclic) bond motifs is 2. The molecule has 2 heterocycles. The van der Waals surface area contributed by atoms with Gasteiger partial charge in [-0.2, -0.15) is 0 Å². The summed E-state index contributed by atoms with van der Waals surface area (Å²) < 4.78 is 25.7. The van der Waals surface area contributed by atoms with Gasteiger partial charge in [0.2, 0.25) is 0 Å². The predicted molar refractivity (Wildman–Crippen MR) is 44.9 cm³/mol. The Morgan fingerprint density at radius 2 is 2.20 bits per heavy atom. The lowest BCUT2D eigenvalue weighted by Crippen LogP contribution is -2.57. The summed E-state index contributed by atoms with van der Waals surface area (Å²) in [6.07, 6.45) is -2.90. The van der Waals surface area contributed by atoms with Gasteiger partial charge in [0.15, 0.2) is 0 Å². The van der Waals surface area contributed by atoms with Gasteiger partial charge in [-0.15, -0.1) is 0 Å². The monoisotopic (exact) mass is 238 g/mol. The molecule has 0 radical (unpaired) electrons. The summed E-state index contributed by atoms with van der Waals surface area (Å²) in [4.78, 5) is 9.08. The van der Waals surface area contributed by atoms with Crippen LogP contribution >= 0.6 is 7.82 Å². The highest BCUT2D eigenvalue weighted by molar-refractivity contribution is 7.47. The first-order valence-corrected chi connectivity index (χ1v) is 6.13. The Bertz CT molecular complexity index is 346. The molecule has 3 rings (SSSR count). The summed E-state index contributed by atoms with van der Waals surface area (Å²) in [5.74, 6) is 0. The molecular formula is C7H11O7P. The third-order valence-electron chi connectivity index (χ3n) is 3.10. The van der Waals surface area contributed by atoms with Crippen molar-refractivity contribution in [1.29, 1.82) is 0 Å². The van der Waals surface area contributed by atoms with Crippen molar-refractivity contribution in [3.05, 3.63) is 0 Å². The first kappa shape index (κ1) is 10.2. The van der Waals surface area contributed by atoms with Crippen molar-refractivity contribution in [3.8, 4) is 0 Å². The molecular weight excluding hydrogens is 227 g/mol. The average Bonchev–Trinajstić information content (AvgIpc) is 2.80. The molecule has 1 saturated carbocycles. The Labute approximate surface area is 85.2 Å². The molecule has 0 spiro atoms. The first-order chi connectivity index (χ1) is 6.92. The van der Waals surface area contributed by atoms with Crippen LogP contribution in [-0.2, 0) is 18.3 Å². The molecule has 2 aliphatic heterocycles. The summed E-state index contributed by atoms with van der Waals surface area (Å²) in [5, 5.41) is 19.5. The molecule has 86 valence electrons. The molecule has 2 saturated heterocycles. The minimum Gasteiger partial charge on any atom is -0.387 e. The zero-order valence-corrected chi connectivity index (χ0v) is 8.54. The molecule has 7 nitrogen and oxygen atoms in total. The van der Waals surface area contributed by atoms with Crippen LogP contribution in [0, 0.1) is 0 Å². The van der Waals surface area contributed by atoms with Gasteiger partial charge in [-0.1, -0.05) is 0 Å². The molecule has 1 aliphatic carbocycles. The number of phosphoric ester groups is 1. The number of ether oxygens (including phenoxy) is 1. The Balaban J connectivity index is 1.85. The minimum atomic E-state index is -4.10. The Hall–Kier alpha value is -0.0100. The van der Waals surface area contributed by atoms with Gasteiger partial charge < -0.3 is 19.8 Å². The number of hydrogen-bond donors (Lipinski definition) is 3. The van der Waals surface area contributed by atoms with Crippen molar-refractivity contribution in [3.63, 3.8) is 0 Å². The van der Waals surface area contributed by atoms with Gasteiger partial charge in [-0.05, 0) is 0 Å². The third kappa shape index (κ3) is 1.39. The van der Waals surface area contributed by atoms with Crippen LogP contribution in [0.15, 0.2) is 0 Å². The van der Waals surface area contributed by atoms with E-state index in [4.69, 9.17) is 14.2 Å². The highest BCUT2D eigenvalue weighted by Gasteiger charge is 2.68. The fraction of sp³-hybridized carbons (Fsp3) is 1.00. The fourth-order valence-electron chi connectivity index (χ4n) is 2.10. The molecule has 15 heavy (non-hydrogen) atoms. The normalized spacial score (nSPS) is 63.1. The van der Waals surface area contributed by atoms with E-state index in [-0.39, 0.29) is 6.61 Å². The van der Waals surface area contributed by atoms with Crippen LogP contribution in [0.2, 0.25) is 0 Å². The molecule has 0 aromatic rings. The van der Waals surface area contributed by atoms with Crippen LogP contribution in [0.1, 0.15) is 6.42 Å². The Morgan fingerprint density at radius 3 is 2.93 bits per heavy atom. The second-order valence-corrected chi connectivity index (χ2v) is 5.54. The molecule has 3 fully saturated rings. The van der Waals surface area contributed by atoms with Crippen molar-refractivity contribution in [2.75, 3.05) is 6.61 Å².